The molecule has 0 aromatic heterocycles. The summed E-state index contributed by atoms with van der Waals surface area (Å²) in [4.78, 5) is 2.48. The van der Waals surface area contributed by atoms with Gasteiger partial charge in [0.1, 0.15) is 0 Å². The minimum atomic E-state index is 0.435. The topological polar surface area (TPSA) is 41.3 Å². The molecule has 1 aliphatic heterocycles. The van der Waals surface area contributed by atoms with E-state index in [-0.39, 0.29) is 0 Å². The number of nitrogens with zero attached hydrogens (tertiary/aromatic N) is 1. The number of hydrogen-bond acceptors (Lipinski definition) is 3. The van der Waals surface area contributed by atoms with Crippen molar-refractivity contribution < 1.29 is 0 Å². The first-order valence-corrected chi connectivity index (χ1v) is 9.69. The summed E-state index contributed by atoms with van der Waals surface area (Å²) < 4.78 is 0. The van der Waals surface area contributed by atoms with Gasteiger partial charge in [-0.05, 0) is 73.4 Å². The molecule has 0 amide bonds. The summed E-state index contributed by atoms with van der Waals surface area (Å²) in [5.41, 5.74) is 11.5. The maximum Gasteiger partial charge on any atom is 0.0432 e. The highest BCUT2D eigenvalue weighted by molar-refractivity contribution is 5.56. The fourth-order valence-electron chi connectivity index (χ4n) is 4.16. The molecule has 0 atom stereocenters. The summed E-state index contributed by atoms with van der Waals surface area (Å²) in [6.07, 6.45) is 6.03. The van der Waals surface area contributed by atoms with Crippen LogP contribution in [0.25, 0.3) is 0 Å². The molecule has 1 aliphatic carbocycles. The third-order valence-corrected chi connectivity index (χ3v) is 5.85. The number of nitrogens with one attached hydrogen (secondary N) is 1. The van der Waals surface area contributed by atoms with Crippen LogP contribution >= 0.6 is 0 Å². The second kappa shape index (κ2) is 7.49. The van der Waals surface area contributed by atoms with Crippen LogP contribution in [0.15, 0.2) is 48.5 Å². The Morgan fingerprint density at radius 2 is 1.64 bits per heavy atom. The predicted molar refractivity (Wildman–Crippen MR) is 106 cm³/mol. The van der Waals surface area contributed by atoms with Crippen LogP contribution in [0.5, 0.6) is 0 Å². The van der Waals surface area contributed by atoms with E-state index in [0.29, 0.717) is 6.04 Å². The molecule has 2 aliphatic rings. The van der Waals surface area contributed by atoms with Crippen LogP contribution in [0, 0.1) is 5.92 Å². The highest BCUT2D eigenvalue weighted by Crippen LogP contribution is 2.27. The van der Waals surface area contributed by atoms with Crippen LogP contribution in [-0.4, -0.2) is 19.1 Å². The molecular formula is C22H29N3. The molecule has 3 N–H and O–H groups in total. The quantitative estimate of drug-likeness (QED) is 0.881. The molecule has 0 bridgehead atoms. The minimum Gasteiger partial charge on any atom is -0.385 e. The van der Waals surface area contributed by atoms with E-state index < -0.39 is 0 Å². The molecule has 25 heavy (non-hydrogen) atoms. The zero-order valence-corrected chi connectivity index (χ0v) is 15.0. The molecule has 0 spiro atoms. The monoisotopic (exact) mass is 335 g/mol. The fourth-order valence-corrected chi connectivity index (χ4v) is 4.16. The van der Waals surface area contributed by atoms with Crippen molar-refractivity contribution in [2.24, 2.45) is 11.7 Å². The lowest BCUT2D eigenvalue weighted by molar-refractivity contribution is 0.339. The van der Waals surface area contributed by atoms with Gasteiger partial charge in [0, 0.05) is 37.1 Å². The van der Waals surface area contributed by atoms with E-state index in [1.807, 2.05) is 0 Å². The Hall–Kier alpha value is -2.00. The highest BCUT2D eigenvalue weighted by Gasteiger charge is 2.18. The molecule has 1 saturated carbocycles. The first-order valence-electron chi connectivity index (χ1n) is 9.69. The average molecular weight is 335 g/mol. The number of benzene rings is 2. The molecule has 3 heteroatoms. The summed E-state index contributed by atoms with van der Waals surface area (Å²) in [7, 11) is 0. The van der Waals surface area contributed by atoms with Gasteiger partial charge < -0.3 is 16.0 Å². The average Bonchev–Trinajstić information content (AvgIpc) is 2.68. The summed E-state index contributed by atoms with van der Waals surface area (Å²) in [6.45, 7) is 3.19. The molecule has 132 valence electrons. The van der Waals surface area contributed by atoms with Crippen molar-refractivity contribution in [1.82, 2.24) is 0 Å². The Morgan fingerprint density at radius 3 is 2.40 bits per heavy atom. The van der Waals surface area contributed by atoms with E-state index in [4.69, 9.17) is 5.73 Å². The van der Waals surface area contributed by atoms with Gasteiger partial charge >= 0.3 is 0 Å². The lowest BCUT2D eigenvalue weighted by atomic mass is 9.86. The lowest BCUT2D eigenvalue weighted by Gasteiger charge is -2.31. The standard InChI is InChI=1S/C22H29N3/c23-20-7-5-17(6-8-20)15-24-21-9-11-22(12-10-21)25-14-13-18-3-1-2-4-19(18)16-25/h1-4,9-12,17,20,24H,5-8,13-16,23H2/t17-,20-. The molecule has 1 fully saturated rings. The van der Waals surface area contributed by atoms with Gasteiger partial charge in [0.25, 0.3) is 0 Å². The third kappa shape index (κ3) is 3.98. The summed E-state index contributed by atoms with van der Waals surface area (Å²) >= 11 is 0. The first-order chi connectivity index (χ1) is 12.3. The van der Waals surface area contributed by atoms with E-state index in [1.165, 1.54) is 48.2 Å². The molecule has 0 saturated heterocycles. The molecule has 2 aromatic rings. The number of rotatable bonds is 4. The maximum atomic E-state index is 6.00. The van der Waals surface area contributed by atoms with Crippen LogP contribution in [0.1, 0.15) is 36.8 Å². The number of anilines is 2. The normalized spacial score (nSPS) is 23.2. The predicted octanol–water partition coefficient (Wildman–Crippen LogP) is 4.18. The summed E-state index contributed by atoms with van der Waals surface area (Å²) in [5, 5.41) is 3.62. The van der Waals surface area contributed by atoms with Gasteiger partial charge in [-0.2, -0.15) is 0 Å². The first kappa shape index (κ1) is 16.5. The Morgan fingerprint density at radius 1 is 0.920 bits per heavy atom. The van der Waals surface area contributed by atoms with E-state index >= 15 is 0 Å². The van der Waals surface area contributed by atoms with E-state index in [1.54, 1.807) is 0 Å². The van der Waals surface area contributed by atoms with Crippen molar-refractivity contribution in [2.75, 3.05) is 23.3 Å². The van der Waals surface area contributed by atoms with Crippen LogP contribution in [0.3, 0.4) is 0 Å². The van der Waals surface area contributed by atoms with E-state index in [0.717, 1.165) is 32.0 Å². The van der Waals surface area contributed by atoms with Gasteiger partial charge in [0.15, 0.2) is 0 Å². The summed E-state index contributed by atoms with van der Waals surface area (Å²) in [6, 6.07) is 18.2. The lowest BCUT2D eigenvalue weighted by Crippen LogP contribution is -2.30. The van der Waals surface area contributed by atoms with Gasteiger partial charge in [-0.3, -0.25) is 0 Å². The van der Waals surface area contributed by atoms with Crippen molar-refractivity contribution >= 4 is 11.4 Å². The van der Waals surface area contributed by atoms with Gasteiger partial charge in [-0.25, -0.2) is 0 Å². The molecule has 1 heterocycles. The Bertz CT molecular complexity index is 687. The van der Waals surface area contributed by atoms with Gasteiger partial charge in [0.2, 0.25) is 0 Å². The maximum absolute atomic E-state index is 6.00. The van der Waals surface area contributed by atoms with Gasteiger partial charge in [0.05, 0.1) is 0 Å². The summed E-state index contributed by atoms with van der Waals surface area (Å²) in [5.74, 6) is 0.776. The largest absolute Gasteiger partial charge is 0.385 e. The van der Waals surface area contributed by atoms with Crippen LogP contribution < -0.4 is 16.0 Å². The third-order valence-electron chi connectivity index (χ3n) is 5.85. The fraction of sp³-hybridized carbons (Fsp3) is 0.455. The molecule has 3 nitrogen and oxygen atoms in total. The Kier molecular flexibility index (Phi) is 4.93. The van der Waals surface area contributed by atoms with E-state index in [9.17, 15) is 0 Å². The molecule has 4 rings (SSSR count). The Labute approximate surface area is 151 Å². The van der Waals surface area contributed by atoms with E-state index in [2.05, 4.69) is 58.7 Å². The van der Waals surface area contributed by atoms with Crippen LogP contribution in [0.2, 0.25) is 0 Å². The van der Waals surface area contributed by atoms with Crippen molar-refractivity contribution in [1.29, 1.82) is 0 Å². The van der Waals surface area contributed by atoms with Gasteiger partial charge in [-0.1, -0.05) is 24.3 Å². The van der Waals surface area contributed by atoms with Crippen molar-refractivity contribution in [3.8, 4) is 0 Å². The molecule has 0 unspecified atom stereocenters. The second-order valence-electron chi connectivity index (χ2n) is 7.65. The number of hydrogen-bond donors (Lipinski definition) is 2. The highest BCUT2D eigenvalue weighted by atomic mass is 15.1. The van der Waals surface area contributed by atoms with Crippen LogP contribution in [0.4, 0.5) is 11.4 Å². The molecule has 0 radical (unpaired) electrons. The number of fused-ring (bicyclic) bond motifs is 1. The van der Waals surface area contributed by atoms with Crippen molar-refractivity contribution in [2.45, 2.75) is 44.7 Å². The zero-order valence-electron chi connectivity index (χ0n) is 15.0. The SMILES string of the molecule is N[C@H]1CC[C@H](CNc2ccc(N3CCc4ccccc4C3)cc2)CC1. The van der Waals surface area contributed by atoms with Crippen molar-refractivity contribution in [3.63, 3.8) is 0 Å². The van der Waals surface area contributed by atoms with Crippen LogP contribution in [-0.2, 0) is 13.0 Å². The van der Waals surface area contributed by atoms with Crippen molar-refractivity contribution in [3.05, 3.63) is 59.7 Å². The minimum absolute atomic E-state index is 0.435. The molecular weight excluding hydrogens is 306 g/mol. The van der Waals surface area contributed by atoms with Gasteiger partial charge in [-0.15, -0.1) is 0 Å². The Balaban J connectivity index is 1.33. The zero-order chi connectivity index (χ0) is 17.1. The second-order valence-corrected chi connectivity index (χ2v) is 7.65. The smallest absolute Gasteiger partial charge is 0.0432 e. The molecule has 2 aromatic carbocycles. The number of nitrogens with two attached hydrogens (primary N) is 1.